The summed E-state index contributed by atoms with van der Waals surface area (Å²) in [6, 6.07) is 6.16. The number of anilines is 1. The first-order valence-electron chi connectivity index (χ1n) is 5.98. The molecule has 1 heterocycles. The van der Waals surface area contributed by atoms with E-state index < -0.39 is 0 Å². The van der Waals surface area contributed by atoms with Gasteiger partial charge in [-0.25, -0.2) is 4.98 Å². The molecule has 1 aromatic carbocycles. The molecular formula is C14H18N2OS. The van der Waals surface area contributed by atoms with Gasteiger partial charge in [0.05, 0.1) is 24.0 Å². The third-order valence-electron chi connectivity index (χ3n) is 2.87. The van der Waals surface area contributed by atoms with E-state index >= 15 is 0 Å². The van der Waals surface area contributed by atoms with Crippen molar-refractivity contribution in [3.05, 3.63) is 39.8 Å². The molecule has 0 aliphatic rings. The number of nitrogens with one attached hydrogen (secondary N) is 1. The minimum atomic E-state index is 0.890. The molecular weight excluding hydrogens is 244 g/mol. The highest BCUT2D eigenvalue weighted by molar-refractivity contribution is 7.09. The van der Waals surface area contributed by atoms with Crippen LogP contribution in [0.3, 0.4) is 0 Å². The molecule has 2 aromatic rings. The van der Waals surface area contributed by atoms with Gasteiger partial charge in [-0.05, 0) is 31.5 Å². The number of hydrogen-bond donors (Lipinski definition) is 1. The first-order chi connectivity index (χ1) is 8.70. The molecule has 18 heavy (non-hydrogen) atoms. The number of thiazole rings is 1. The van der Waals surface area contributed by atoms with E-state index in [9.17, 15) is 0 Å². The summed E-state index contributed by atoms with van der Waals surface area (Å²) < 4.78 is 5.34. The molecule has 0 unspecified atom stereocenters. The average molecular weight is 262 g/mol. The molecule has 0 amide bonds. The van der Waals surface area contributed by atoms with Gasteiger partial charge >= 0.3 is 0 Å². The van der Waals surface area contributed by atoms with Crippen molar-refractivity contribution >= 4 is 17.0 Å². The zero-order valence-electron chi connectivity index (χ0n) is 11.0. The minimum Gasteiger partial charge on any atom is -0.495 e. The van der Waals surface area contributed by atoms with Crippen molar-refractivity contribution in [3.63, 3.8) is 0 Å². The predicted molar refractivity (Wildman–Crippen MR) is 76.8 cm³/mol. The summed E-state index contributed by atoms with van der Waals surface area (Å²) in [4.78, 5) is 5.60. The Morgan fingerprint density at radius 1 is 1.33 bits per heavy atom. The van der Waals surface area contributed by atoms with Crippen LogP contribution in [0, 0.1) is 13.8 Å². The van der Waals surface area contributed by atoms with Gasteiger partial charge in [-0.3, -0.25) is 0 Å². The van der Waals surface area contributed by atoms with Gasteiger partial charge < -0.3 is 10.1 Å². The van der Waals surface area contributed by atoms with Crippen molar-refractivity contribution in [3.8, 4) is 5.75 Å². The van der Waals surface area contributed by atoms with Gasteiger partial charge in [0.1, 0.15) is 5.75 Å². The zero-order valence-corrected chi connectivity index (χ0v) is 11.8. The standard InChI is InChI=1S/C14H18N2OS/c1-10-4-5-13(17-3)12(8-10)15-7-6-14-11(2)16-9-18-14/h4-5,8-9,15H,6-7H2,1-3H3. The SMILES string of the molecule is COc1ccc(C)cc1NCCc1scnc1C. The molecule has 0 radical (unpaired) electrons. The summed E-state index contributed by atoms with van der Waals surface area (Å²) >= 11 is 1.72. The second kappa shape index (κ2) is 5.87. The van der Waals surface area contributed by atoms with Crippen LogP contribution in [-0.4, -0.2) is 18.6 Å². The zero-order chi connectivity index (χ0) is 13.0. The summed E-state index contributed by atoms with van der Waals surface area (Å²) in [7, 11) is 1.70. The topological polar surface area (TPSA) is 34.1 Å². The maximum absolute atomic E-state index is 5.34. The Labute approximate surface area is 112 Å². The molecule has 0 saturated heterocycles. The van der Waals surface area contributed by atoms with Gasteiger partial charge in [-0.15, -0.1) is 11.3 Å². The van der Waals surface area contributed by atoms with Crippen molar-refractivity contribution < 1.29 is 4.74 Å². The number of rotatable bonds is 5. The minimum absolute atomic E-state index is 0.890. The van der Waals surface area contributed by atoms with Crippen LogP contribution in [0.15, 0.2) is 23.7 Å². The van der Waals surface area contributed by atoms with Crippen LogP contribution in [0.1, 0.15) is 16.1 Å². The molecule has 0 fully saturated rings. The van der Waals surface area contributed by atoms with Crippen molar-refractivity contribution in [2.45, 2.75) is 20.3 Å². The summed E-state index contributed by atoms with van der Waals surface area (Å²) in [5, 5.41) is 3.42. The van der Waals surface area contributed by atoms with Crippen molar-refractivity contribution in [1.82, 2.24) is 4.98 Å². The Bertz CT molecular complexity index is 522. The maximum Gasteiger partial charge on any atom is 0.141 e. The van der Waals surface area contributed by atoms with E-state index in [-0.39, 0.29) is 0 Å². The quantitative estimate of drug-likeness (QED) is 0.896. The van der Waals surface area contributed by atoms with E-state index in [0.29, 0.717) is 0 Å². The van der Waals surface area contributed by atoms with E-state index in [2.05, 4.69) is 36.3 Å². The fourth-order valence-corrected chi connectivity index (χ4v) is 2.62. The van der Waals surface area contributed by atoms with Gasteiger partial charge in [-0.2, -0.15) is 0 Å². The van der Waals surface area contributed by atoms with Gasteiger partial charge in [0.15, 0.2) is 0 Å². The summed E-state index contributed by atoms with van der Waals surface area (Å²) in [5.74, 6) is 0.890. The fourth-order valence-electron chi connectivity index (χ4n) is 1.84. The van der Waals surface area contributed by atoms with Crippen LogP contribution in [0.25, 0.3) is 0 Å². The molecule has 3 nitrogen and oxygen atoms in total. The largest absolute Gasteiger partial charge is 0.495 e. The third kappa shape index (κ3) is 3.01. The van der Waals surface area contributed by atoms with Gasteiger partial charge in [-0.1, -0.05) is 6.07 Å². The number of nitrogens with zero attached hydrogens (tertiary/aromatic N) is 1. The van der Waals surface area contributed by atoms with Crippen LogP contribution in [-0.2, 0) is 6.42 Å². The van der Waals surface area contributed by atoms with Crippen LogP contribution in [0.4, 0.5) is 5.69 Å². The number of hydrogen-bond acceptors (Lipinski definition) is 4. The number of aromatic nitrogens is 1. The Hall–Kier alpha value is -1.55. The van der Waals surface area contributed by atoms with Gasteiger partial charge in [0.2, 0.25) is 0 Å². The summed E-state index contributed by atoms with van der Waals surface area (Å²) in [5.41, 5.74) is 5.32. The average Bonchev–Trinajstić information content (AvgIpc) is 2.76. The molecule has 0 spiro atoms. The van der Waals surface area contributed by atoms with Crippen molar-refractivity contribution in [2.24, 2.45) is 0 Å². The number of ether oxygens (including phenoxy) is 1. The van der Waals surface area contributed by atoms with Crippen molar-refractivity contribution in [1.29, 1.82) is 0 Å². The lowest BCUT2D eigenvalue weighted by molar-refractivity contribution is 0.416. The predicted octanol–water partition coefficient (Wildman–Crippen LogP) is 3.42. The lowest BCUT2D eigenvalue weighted by atomic mass is 10.2. The van der Waals surface area contributed by atoms with Crippen molar-refractivity contribution in [2.75, 3.05) is 19.0 Å². The Morgan fingerprint density at radius 3 is 2.83 bits per heavy atom. The lowest BCUT2D eigenvalue weighted by Crippen LogP contribution is -2.06. The highest BCUT2D eigenvalue weighted by atomic mass is 32.1. The molecule has 0 aliphatic carbocycles. The van der Waals surface area contributed by atoms with Crippen LogP contribution < -0.4 is 10.1 Å². The lowest BCUT2D eigenvalue weighted by Gasteiger charge is -2.11. The number of aryl methyl sites for hydroxylation is 2. The van der Waals surface area contributed by atoms with Crippen LogP contribution >= 0.6 is 11.3 Å². The number of methoxy groups -OCH3 is 1. The first kappa shape index (κ1) is 12.9. The molecule has 0 saturated carbocycles. The summed E-state index contributed by atoms with van der Waals surface area (Å²) in [6.07, 6.45) is 0.994. The molecule has 2 rings (SSSR count). The fraction of sp³-hybridized carbons (Fsp3) is 0.357. The molecule has 96 valence electrons. The molecule has 0 aliphatic heterocycles. The highest BCUT2D eigenvalue weighted by Gasteiger charge is 2.04. The summed E-state index contributed by atoms with van der Waals surface area (Å²) in [6.45, 7) is 5.03. The van der Waals surface area contributed by atoms with E-state index in [1.807, 2.05) is 11.6 Å². The smallest absolute Gasteiger partial charge is 0.141 e. The molecule has 0 bridgehead atoms. The van der Waals surface area contributed by atoms with E-state index in [0.717, 1.165) is 30.1 Å². The third-order valence-corrected chi connectivity index (χ3v) is 3.86. The van der Waals surface area contributed by atoms with Gasteiger partial charge in [0.25, 0.3) is 0 Å². The monoisotopic (exact) mass is 262 g/mol. The number of benzene rings is 1. The molecule has 0 atom stereocenters. The Kier molecular flexibility index (Phi) is 4.20. The van der Waals surface area contributed by atoms with E-state index in [4.69, 9.17) is 4.74 Å². The Balaban J connectivity index is 1.98. The molecule has 1 aromatic heterocycles. The van der Waals surface area contributed by atoms with Crippen LogP contribution in [0.2, 0.25) is 0 Å². The maximum atomic E-state index is 5.34. The van der Waals surface area contributed by atoms with E-state index in [1.54, 1.807) is 18.4 Å². The highest BCUT2D eigenvalue weighted by Crippen LogP contribution is 2.25. The second-order valence-electron chi connectivity index (χ2n) is 4.24. The van der Waals surface area contributed by atoms with E-state index in [1.165, 1.54) is 10.4 Å². The molecule has 4 heteroatoms. The van der Waals surface area contributed by atoms with Gasteiger partial charge in [0, 0.05) is 17.8 Å². The molecule has 1 N–H and O–H groups in total. The Morgan fingerprint density at radius 2 is 2.17 bits per heavy atom. The second-order valence-corrected chi connectivity index (χ2v) is 5.18. The van der Waals surface area contributed by atoms with Crippen LogP contribution in [0.5, 0.6) is 5.75 Å². The first-order valence-corrected chi connectivity index (χ1v) is 6.86. The normalized spacial score (nSPS) is 10.4.